The largest absolute Gasteiger partial charge is 0.486 e. The molecule has 0 spiro atoms. The van der Waals surface area contributed by atoms with Crippen LogP contribution in [0.2, 0.25) is 5.02 Å². The first kappa shape index (κ1) is 19.0. The van der Waals surface area contributed by atoms with E-state index >= 15 is 0 Å². The summed E-state index contributed by atoms with van der Waals surface area (Å²) in [5, 5.41) is 5.53. The van der Waals surface area contributed by atoms with Gasteiger partial charge in [-0.2, -0.15) is 13.2 Å². The van der Waals surface area contributed by atoms with Gasteiger partial charge in [-0.1, -0.05) is 11.6 Å². The Bertz CT molecular complexity index is 1410. The Labute approximate surface area is 175 Å². The summed E-state index contributed by atoms with van der Waals surface area (Å²) in [6, 6.07) is 7.93. The van der Waals surface area contributed by atoms with E-state index < -0.39 is 11.9 Å². The molecule has 1 aromatic carbocycles. The average molecular weight is 450 g/mol. The molecule has 30 heavy (non-hydrogen) atoms. The summed E-state index contributed by atoms with van der Waals surface area (Å²) in [5.74, 6) is 1.03. The number of fused-ring (bicyclic) bond motifs is 5. The van der Waals surface area contributed by atoms with Gasteiger partial charge in [0, 0.05) is 10.4 Å². The maximum atomic E-state index is 13.1. The van der Waals surface area contributed by atoms with Gasteiger partial charge in [0.15, 0.2) is 11.5 Å². The van der Waals surface area contributed by atoms with Crippen LogP contribution >= 0.6 is 22.9 Å². The molecule has 4 heterocycles. The third kappa shape index (κ3) is 3.21. The van der Waals surface area contributed by atoms with Crippen LogP contribution in [0, 0.1) is 6.92 Å². The van der Waals surface area contributed by atoms with Gasteiger partial charge in [-0.25, -0.2) is 19.5 Å². The lowest BCUT2D eigenvalue weighted by Crippen LogP contribution is -2.07. The first-order chi connectivity index (χ1) is 14.3. The van der Waals surface area contributed by atoms with Crippen LogP contribution in [0.5, 0.6) is 5.75 Å². The Kier molecular flexibility index (Phi) is 4.30. The molecule has 0 amide bonds. The van der Waals surface area contributed by atoms with Crippen molar-refractivity contribution in [3.63, 3.8) is 0 Å². The Morgan fingerprint density at radius 3 is 2.67 bits per heavy atom. The minimum atomic E-state index is -4.51. The molecule has 11 heteroatoms. The first-order valence-corrected chi connectivity index (χ1v) is 9.89. The molecule has 152 valence electrons. The zero-order valence-electron chi connectivity index (χ0n) is 15.2. The number of aryl methyl sites for hydroxylation is 1. The number of aromatic nitrogens is 5. The topological polar surface area (TPSA) is 65.2 Å². The summed E-state index contributed by atoms with van der Waals surface area (Å²) in [7, 11) is 0. The second-order valence-corrected chi connectivity index (χ2v) is 8.00. The van der Waals surface area contributed by atoms with Crippen LogP contribution in [-0.4, -0.2) is 24.6 Å². The van der Waals surface area contributed by atoms with Crippen molar-refractivity contribution in [2.24, 2.45) is 0 Å². The highest BCUT2D eigenvalue weighted by Crippen LogP contribution is 2.38. The van der Waals surface area contributed by atoms with Crippen LogP contribution in [0.25, 0.3) is 26.1 Å². The molecule has 5 rings (SSSR count). The Morgan fingerprint density at radius 1 is 1.17 bits per heavy atom. The van der Waals surface area contributed by atoms with Gasteiger partial charge in [-0.3, -0.25) is 0 Å². The number of pyridine rings is 1. The molecular weight excluding hydrogens is 439 g/mol. The minimum Gasteiger partial charge on any atom is -0.486 e. The second kappa shape index (κ2) is 6.78. The molecule has 0 saturated carbocycles. The molecule has 0 unspecified atom stereocenters. The number of alkyl halides is 3. The van der Waals surface area contributed by atoms with E-state index in [1.54, 1.807) is 31.2 Å². The molecule has 0 radical (unpaired) electrons. The van der Waals surface area contributed by atoms with Crippen molar-refractivity contribution >= 4 is 49.0 Å². The zero-order chi connectivity index (χ0) is 21.0. The standard InChI is InChI=1S/C19H11ClF3N5OS/c1-9-6-12(19(21,22)23)25-18-14(9)15-16(30-18)17-26-13(27-28(17)8-24-15)7-29-11-4-2-10(20)3-5-11/h2-6,8H,7H2,1H3. The Balaban J connectivity index is 1.58. The van der Waals surface area contributed by atoms with Crippen LogP contribution in [0.1, 0.15) is 17.1 Å². The molecule has 0 aliphatic heterocycles. The number of ether oxygens (including phenoxy) is 1. The van der Waals surface area contributed by atoms with Gasteiger partial charge in [-0.15, -0.1) is 16.4 Å². The minimum absolute atomic E-state index is 0.116. The highest BCUT2D eigenvalue weighted by atomic mass is 35.5. The van der Waals surface area contributed by atoms with Crippen LogP contribution < -0.4 is 4.74 Å². The number of halogens is 4. The fourth-order valence-electron chi connectivity index (χ4n) is 3.14. The lowest BCUT2D eigenvalue weighted by Gasteiger charge is -2.06. The van der Waals surface area contributed by atoms with Crippen molar-refractivity contribution in [2.45, 2.75) is 19.7 Å². The van der Waals surface area contributed by atoms with Crippen LogP contribution in [-0.2, 0) is 12.8 Å². The first-order valence-electron chi connectivity index (χ1n) is 8.69. The van der Waals surface area contributed by atoms with E-state index in [-0.39, 0.29) is 11.4 Å². The van der Waals surface area contributed by atoms with Crippen LogP contribution in [0.4, 0.5) is 13.2 Å². The predicted octanol–water partition coefficient (Wildman–Crippen LogP) is 5.45. The van der Waals surface area contributed by atoms with E-state index in [2.05, 4.69) is 20.1 Å². The van der Waals surface area contributed by atoms with E-state index in [0.717, 1.165) is 17.4 Å². The van der Waals surface area contributed by atoms with Gasteiger partial charge in [0.2, 0.25) is 0 Å². The highest BCUT2D eigenvalue weighted by molar-refractivity contribution is 7.26. The zero-order valence-corrected chi connectivity index (χ0v) is 16.8. The van der Waals surface area contributed by atoms with Crippen molar-refractivity contribution in [3.05, 3.63) is 58.8 Å². The molecule has 0 saturated heterocycles. The molecule has 0 aliphatic carbocycles. The fraction of sp³-hybridized carbons (Fsp3) is 0.158. The summed E-state index contributed by atoms with van der Waals surface area (Å²) in [5.41, 5.74) is 0.583. The van der Waals surface area contributed by atoms with E-state index in [4.69, 9.17) is 16.3 Å². The van der Waals surface area contributed by atoms with Crippen molar-refractivity contribution < 1.29 is 17.9 Å². The lowest BCUT2D eigenvalue weighted by molar-refractivity contribution is -0.141. The third-order valence-electron chi connectivity index (χ3n) is 4.48. The fourth-order valence-corrected chi connectivity index (χ4v) is 4.44. The number of hydrogen-bond acceptors (Lipinski definition) is 6. The van der Waals surface area contributed by atoms with E-state index in [1.165, 1.54) is 10.8 Å². The Hall–Kier alpha value is -2.98. The monoisotopic (exact) mass is 449 g/mol. The quantitative estimate of drug-likeness (QED) is 0.366. The maximum absolute atomic E-state index is 13.1. The maximum Gasteiger partial charge on any atom is 0.433 e. The van der Waals surface area contributed by atoms with Crippen molar-refractivity contribution in [2.75, 3.05) is 0 Å². The van der Waals surface area contributed by atoms with Crippen molar-refractivity contribution in [1.82, 2.24) is 24.6 Å². The van der Waals surface area contributed by atoms with Crippen molar-refractivity contribution in [3.8, 4) is 5.75 Å². The molecule has 0 atom stereocenters. The van der Waals surface area contributed by atoms with Gasteiger partial charge in [-0.05, 0) is 42.8 Å². The van der Waals surface area contributed by atoms with Gasteiger partial charge in [0.1, 0.15) is 33.9 Å². The molecule has 0 fully saturated rings. The summed E-state index contributed by atoms with van der Waals surface area (Å²) >= 11 is 6.97. The third-order valence-corrected chi connectivity index (χ3v) is 5.80. The number of thiophene rings is 1. The van der Waals surface area contributed by atoms with E-state index in [0.29, 0.717) is 43.4 Å². The summed E-state index contributed by atoms with van der Waals surface area (Å²) in [6.45, 7) is 1.73. The number of hydrogen-bond donors (Lipinski definition) is 0. The summed E-state index contributed by atoms with van der Waals surface area (Å²) < 4.78 is 47.2. The van der Waals surface area contributed by atoms with E-state index in [9.17, 15) is 13.2 Å². The molecule has 0 bridgehead atoms. The normalized spacial score (nSPS) is 12.3. The molecule has 0 N–H and O–H groups in total. The predicted molar refractivity (Wildman–Crippen MR) is 107 cm³/mol. The van der Waals surface area contributed by atoms with Gasteiger partial charge in [0.25, 0.3) is 0 Å². The Morgan fingerprint density at radius 2 is 1.93 bits per heavy atom. The second-order valence-electron chi connectivity index (χ2n) is 6.57. The lowest BCUT2D eigenvalue weighted by atomic mass is 10.1. The summed E-state index contributed by atoms with van der Waals surface area (Å²) in [4.78, 5) is 12.9. The van der Waals surface area contributed by atoms with Crippen LogP contribution in [0.15, 0.2) is 36.7 Å². The highest BCUT2D eigenvalue weighted by Gasteiger charge is 2.33. The molecule has 6 nitrogen and oxygen atoms in total. The van der Waals surface area contributed by atoms with Crippen LogP contribution in [0.3, 0.4) is 0 Å². The molecule has 4 aromatic heterocycles. The molecule has 5 aromatic rings. The van der Waals surface area contributed by atoms with E-state index in [1.807, 2.05) is 0 Å². The molecular formula is C19H11ClF3N5OS. The van der Waals surface area contributed by atoms with Gasteiger partial charge in [0.05, 0.1) is 5.52 Å². The smallest absolute Gasteiger partial charge is 0.433 e. The SMILES string of the molecule is Cc1cc(C(F)(F)F)nc2sc3c(ncn4nc(COc5ccc(Cl)cc5)nc34)c12. The van der Waals surface area contributed by atoms with Gasteiger partial charge >= 0.3 is 6.18 Å². The molecule has 0 aliphatic rings. The number of rotatable bonds is 3. The van der Waals surface area contributed by atoms with Crippen molar-refractivity contribution in [1.29, 1.82) is 0 Å². The number of benzene rings is 1. The average Bonchev–Trinajstić information content (AvgIpc) is 3.27. The van der Waals surface area contributed by atoms with Gasteiger partial charge < -0.3 is 4.74 Å². The number of nitrogens with zero attached hydrogens (tertiary/aromatic N) is 5. The summed E-state index contributed by atoms with van der Waals surface area (Å²) in [6.07, 6.45) is -3.03.